The summed E-state index contributed by atoms with van der Waals surface area (Å²) in [6, 6.07) is 0. The van der Waals surface area contributed by atoms with Gasteiger partial charge in [0.25, 0.3) is 0 Å². The van der Waals surface area contributed by atoms with Crippen LogP contribution in [-0.4, -0.2) is 17.8 Å². The molecule has 1 radical (unpaired) electrons. The molecule has 0 aliphatic rings. The zero-order valence-electron chi connectivity index (χ0n) is 5.87. The third kappa shape index (κ3) is 4.76. The van der Waals surface area contributed by atoms with Crippen LogP contribution in [0.2, 0.25) is 0 Å². The molecule has 1 N–H and O–H groups in total. The molecule has 0 fully saturated rings. The van der Waals surface area contributed by atoms with Crippen LogP contribution in [0.1, 0.15) is 0 Å². The summed E-state index contributed by atoms with van der Waals surface area (Å²) in [5, 5.41) is 8.32. The fourth-order valence-corrected chi connectivity index (χ4v) is 2.12. The first kappa shape index (κ1) is 16.1. The van der Waals surface area contributed by atoms with Crippen LogP contribution >= 0.6 is 15.2 Å². The average Bonchev–Trinajstić information content (AvgIpc) is 1.84. The SMILES string of the molecule is COP(=O)([O-])C(O)P(=O)([O-])[O-].[Ce+3]. The summed E-state index contributed by atoms with van der Waals surface area (Å²) in [6.07, 6.45) is 0. The molecular formula is C2H5CeO7P2. The van der Waals surface area contributed by atoms with Crippen LogP contribution in [0, 0.1) is 41.7 Å². The van der Waals surface area contributed by atoms with E-state index >= 15 is 0 Å². The third-order valence-electron chi connectivity index (χ3n) is 0.820. The molecule has 69 valence electrons. The molecule has 0 saturated heterocycles. The summed E-state index contributed by atoms with van der Waals surface area (Å²) in [5.74, 6) is 0. The first-order valence-electron chi connectivity index (χ1n) is 2.28. The van der Waals surface area contributed by atoms with E-state index < -0.39 is 20.8 Å². The molecule has 0 bridgehead atoms. The van der Waals surface area contributed by atoms with Crippen molar-refractivity contribution in [3.63, 3.8) is 0 Å². The molecule has 0 spiro atoms. The van der Waals surface area contributed by atoms with E-state index in [0.29, 0.717) is 7.11 Å². The van der Waals surface area contributed by atoms with Crippen LogP contribution in [0.25, 0.3) is 0 Å². The van der Waals surface area contributed by atoms with Crippen molar-refractivity contribution in [1.82, 2.24) is 0 Å². The van der Waals surface area contributed by atoms with Crippen molar-refractivity contribution < 1.29 is 75.2 Å². The van der Waals surface area contributed by atoms with Crippen molar-refractivity contribution in [3.8, 4) is 0 Å². The van der Waals surface area contributed by atoms with E-state index in [9.17, 15) is 23.8 Å². The predicted octanol–water partition coefficient (Wildman–Crippen LogP) is -2.62. The molecule has 0 aromatic rings. The number of hydrogen-bond acceptors (Lipinski definition) is 7. The minimum Gasteiger partial charge on any atom is -0.809 e. The van der Waals surface area contributed by atoms with Crippen LogP contribution in [-0.2, 0) is 13.7 Å². The largest absolute Gasteiger partial charge is 3.00 e. The van der Waals surface area contributed by atoms with Crippen LogP contribution in [0.5, 0.6) is 0 Å². The van der Waals surface area contributed by atoms with Gasteiger partial charge in [-0.15, -0.1) is 0 Å². The van der Waals surface area contributed by atoms with Crippen LogP contribution in [0.15, 0.2) is 0 Å². The molecular weight excluding hydrogens is 338 g/mol. The summed E-state index contributed by atoms with van der Waals surface area (Å²) >= 11 is 0. The van der Waals surface area contributed by atoms with Gasteiger partial charge in [0.15, 0.2) is 7.60 Å². The molecule has 0 aliphatic heterocycles. The van der Waals surface area contributed by atoms with Gasteiger partial charge in [-0.3, -0.25) is 0 Å². The van der Waals surface area contributed by atoms with E-state index in [4.69, 9.17) is 5.11 Å². The van der Waals surface area contributed by atoms with Crippen LogP contribution < -0.4 is 14.7 Å². The Morgan fingerprint density at radius 2 is 1.67 bits per heavy atom. The molecule has 0 heterocycles. The molecule has 0 amide bonds. The molecule has 2 atom stereocenters. The molecule has 10 heteroatoms. The normalized spacial score (nSPS) is 19.1. The number of hydrogen-bond donors (Lipinski definition) is 1. The Hall–Kier alpha value is 1.64. The minimum absolute atomic E-state index is 0. The maximum Gasteiger partial charge on any atom is 3.00 e. The van der Waals surface area contributed by atoms with E-state index in [1.54, 1.807) is 0 Å². The smallest absolute Gasteiger partial charge is 0.809 e. The summed E-state index contributed by atoms with van der Waals surface area (Å²) < 4.78 is 23.8. The molecule has 7 nitrogen and oxygen atoms in total. The average molecular weight is 343 g/mol. The molecule has 0 aromatic carbocycles. The van der Waals surface area contributed by atoms with E-state index in [0.717, 1.165) is 0 Å². The minimum atomic E-state index is -5.54. The van der Waals surface area contributed by atoms with E-state index in [1.165, 1.54) is 0 Å². The standard InChI is InChI=1S/C2H8O7P2.Ce/c1-9-11(7,8)2(3)10(4,5)6;/h2-3H,1H3,(H,7,8)(H2,4,5,6);/q;+3/p-3. The van der Waals surface area contributed by atoms with Gasteiger partial charge in [0.2, 0.25) is 0 Å². The fourth-order valence-electron chi connectivity index (χ4n) is 0.267. The van der Waals surface area contributed by atoms with Crippen molar-refractivity contribution in [1.29, 1.82) is 0 Å². The topological polar surface area (TPSA) is 133 Å². The molecule has 0 aromatic heterocycles. The van der Waals surface area contributed by atoms with Gasteiger partial charge < -0.3 is 33.4 Å². The Bertz CT molecular complexity index is 221. The van der Waals surface area contributed by atoms with Gasteiger partial charge in [0, 0.05) is 7.11 Å². The van der Waals surface area contributed by atoms with Gasteiger partial charge >= 0.3 is 41.7 Å². The van der Waals surface area contributed by atoms with E-state index in [1.807, 2.05) is 0 Å². The monoisotopic (exact) mass is 343 g/mol. The molecule has 12 heavy (non-hydrogen) atoms. The van der Waals surface area contributed by atoms with Crippen molar-refractivity contribution in [3.05, 3.63) is 0 Å². The maximum atomic E-state index is 10.3. The molecule has 0 rings (SSSR count). The summed E-state index contributed by atoms with van der Waals surface area (Å²) in [5.41, 5.74) is -3.00. The number of aliphatic hydroxyl groups excluding tert-OH is 1. The second-order valence-electron chi connectivity index (χ2n) is 1.61. The van der Waals surface area contributed by atoms with Gasteiger partial charge in [-0.2, -0.15) is 0 Å². The second-order valence-corrected chi connectivity index (χ2v) is 5.52. The summed E-state index contributed by atoms with van der Waals surface area (Å²) in [7, 11) is -9.86. The van der Waals surface area contributed by atoms with Crippen molar-refractivity contribution in [2.24, 2.45) is 0 Å². The Balaban J connectivity index is 0. The summed E-state index contributed by atoms with van der Waals surface area (Å²) in [4.78, 5) is 30.1. The first-order chi connectivity index (χ1) is 4.72. The van der Waals surface area contributed by atoms with Gasteiger partial charge in [0.05, 0.1) is 0 Å². The van der Waals surface area contributed by atoms with Crippen molar-refractivity contribution in [2.75, 3.05) is 7.11 Å². The second kappa shape index (κ2) is 5.50. The maximum absolute atomic E-state index is 10.3. The zero-order chi connectivity index (χ0) is 9.28. The number of aliphatic hydroxyl groups is 1. The third-order valence-corrected chi connectivity index (χ3v) is 4.16. The molecule has 2 unspecified atom stereocenters. The van der Waals surface area contributed by atoms with Crippen molar-refractivity contribution in [2.45, 2.75) is 5.59 Å². The predicted molar refractivity (Wildman–Crippen MR) is 28.2 cm³/mol. The first-order valence-corrected chi connectivity index (χ1v) is 5.50. The fraction of sp³-hybridized carbons (Fsp3) is 1.00. The molecule has 0 saturated carbocycles. The van der Waals surface area contributed by atoms with Gasteiger partial charge in [0.1, 0.15) is 5.59 Å². The van der Waals surface area contributed by atoms with Crippen molar-refractivity contribution >= 4 is 15.2 Å². The Kier molecular flexibility index (Phi) is 7.37. The molecule has 0 aliphatic carbocycles. The zero-order valence-corrected chi connectivity index (χ0v) is 10.8. The number of rotatable bonds is 3. The van der Waals surface area contributed by atoms with E-state index in [-0.39, 0.29) is 41.7 Å². The van der Waals surface area contributed by atoms with Gasteiger partial charge in [-0.25, -0.2) is 0 Å². The Labute approximate surface area is 102 Å². The Morgan fingerprint density at radius 3 is 1.75 bits per heavy atom. The van der Waals surface area contributed by atoms with Gasteiger partial charge in [-0.1, -0.05) is 0 Å². The van der Waals surface area contributed by atoms with Crippen LogP contribution in [0.4, 0.5) is 0 Å². The van der Waals surface area contributed by atoms with Crippen LogP contribution in [0.3, 0.4) is 0 Å². The van der Waals surface area contributed by atoms with Gasteiger partial charge in [-0.05, 0) is 7.60 Å². The Morgan fingerprint density at radius 1 is 1.33 bits per heavy atom. The summed E-state index contributed by atoms with van der Waals surface area (Å²) in [6.45, 7) is 0. The van der Waals surface area contributed by atoms with E-state index in [2.05, 4.69) is 4.52 Å². The quantitative estimate of drug-likeness (QED) is 0.555.